The van der Waals surface area contributed by atoms with Crippen molar-refractivity contribution in [3.05, 3.63) is 95.6 Å². The van der Waals surface area contributed by atoms with E-state index in [-0.39, 0.29) is 16.9 Å². The van der Waals surface area contributed by atoms with Gasteiger partial charge in [-0.3, -0.25) is 0 Å². The largest absolute Gasteiger partial charge is 0.475 e. The fourth-order valence-corrected chi connectivity index (χ4v) is 1.70. The maximum atomic E-state index is 12.2. The number of nitriles is 1. The van der Waals surface area contributed by atoms with Gasteiger partial charge in [-0.15, -0.1) is 0 Å². The number of nitrogens with zero attached hydrogens (tertiary/aromatic N) is 9. The molecular formula is C20H12ClF4N9O4. The van der Waals surface area contributed by atoms with Crippen LogP contribution < -0.4 is 0 Å². The topological polar surface area (TPSA) is 191 Å². The predicted molar refractivity (Wildman–Crippen MR) is 116 cm³/mol. The number of carboxylic acid groups (broad SMARTS) is 1. The summed E-state index contributed by atoms with van der Waals surface area (Å²) >= 11 is 5.22. The molecule has 0 aliphatic heterocycles. The lowest BCUT2D eigenvalue weighted by molar-refractivity contribution is 0.0585. The Morgan fingerprint density at radius 1 is 0.737 bits per heavy atom. The third-order valence-corrected chi connectivity index (χ3v) is 3.30. The Bertz CT molecular complexity index is 1320. The fraction of sp³-hybridized carbons (Fsp3) is 0.0500. The first-order valence-corrected chi connectivity index (χ1v) is 9.70. The van der Waals surface area contributed by atoms with Crippen LogP contribution in [0, 0.1) is 34.6 Å². The van der Waals surface area contributed by atoms with Crippen molar-refractivity contribution in [1.29, 1.82) is 5.26 Å². The molecule has 0 unspecified atom stereocenters. The third-order valence-electron chi connectivity index (χ3n) is 3.11. The van der Waals surface area contributed by atoms with Crippen molar-refractivity contribution in [2.75, 3.05) is 7.11 Å². The van der Waals surface area contributed by atoms with Crippen molar-refractivity contribution >= 4 is 23.5 Å². The van der Waals surface area contributed by atoms with Crippen molar-refractivity contribution in [3.63, 3.8) is 0 Å². The number of carbonyl (C=O) groups excluding carboxylic acids is 1. The van der Waals surface area contributed by atoms with Crippen LogP contribution in [-0.4, -0.2) is 64.0 Å². The summed E-state index contributed by atoms with van der Waals surface area (Å²) < 4.78 is 52.4. The van der Waals surface area contributed by atoms with Crippen molar-refractivity contribution in [2.45, 2.75) is 0 Å². The first-order chi connectivity index (χ1) is 18.0. The highest BCUT2D eigenvalue weighted by atomic mass is 35.5. The van der Waals surface area contributed by atoms with Gasteiger partial charge < -0.3 is 9.84 Å². The molecule has 0 saturated heterocycles. The first-order valence-electron chi connectivity index (χ1n) is 9.33. The molecule has 4 aromatic rings. The zero-order chi connectivity index (χ0) is 28.5. The van der Waals surface area contributed by atoms with Crippen molar-refractivity contribution < 1.29 is 37.0 Å². The van der Waals surface area contributed by atoms with Gasteiger partial charge >= 0.3 is 11.9 Å². The van der Waals surface area contributed by atoms with Crippen LogP contribution in [0.3, 0.4) is 0 Å². The Hall–Kier alpha value is -5.24. The molecule has 0 spiro atoms. The smallest absolute Gasteiger partial charge is 0.376 e. The van der Waals surface area contributed by atoms with Crippen molar-refractivity contribution in [1.82, 2.24) is 39.9 Å². The van der Waals surface area contributed by atoms with Crippen LogP contribution in [0.15, 0.2) is 49.6 Å². The summed E-state index contributed by atoms with van der Waals surface area (Å²) in [4.78, 5) is 47.3. The molecule has 0 saturated carbocycles. The van der Waals surface area contributed by atoms with E-state index in [2.05, 4.69) is 44.6 Å². The van der Waals surface area contributed by atoms with Gasteiger partial charge in [0.25, 0.3) is 0 Å². The molecule has 0 radical (unpaired) electrons. The molecule has 4 heterocycles. The van der Waals surface area contributed by atoms with Gasteiger partial charge in [-0.05, 0) is 11.6 Å². The number of aromatic nitrogens is 8. The Balaban J connectivity index is 0.000000255. The number of ether oxygens (including phenoxy) is 1. The molecule has 196 valence electrons. The normalized spacial score (nSPS) is 9.08. The van der Waals surface area contributed by atoms with E-state index in [4.69, 9.17) is 22.0 Å². The van der Waals surface area contributed by atoms with Gasteiger partial charge in [0.1, 0.15) is 6.07 Å². The van der Waals surface area contributed by atoms with Gasteiger partial charge in [-0.2, -0.15) is 5.26 Å². The van der Waals surface area contributed by atoms with Crippen LogP contribution >= 0.6 is 11.6 Å². The number of methoxy groups -OCH3 is 1. The quantitative estimate of drug-likeness (QED) is 0.216. The van der Waals surface area contributed by atoms with Crippen LogP contribution in [0.1, 0.15) is 27.1 Å². The van der Waals surface area contributed by atoms with Crippen LogP contribution in [0.2, 0.25) is 5.28 Å². The minimum atomic E-state index is -1.26. The summed E-state index contributed by atoms with van der Waals surface area (Å²) in [5.41, 5.74) is 0. The van der Waals surface area contributed by atoms with E-state index < -0.39 is 41.0 Å². The Morgan fingerprint density at radius 2 is 1.08 bits per heavy atom. The standard InChI is InChI=1S/C6H5FN2O2.C5H2FN3.C5H3FN2O2.C4H2ClFN2/c1-11-6(10)5-8-2-4(7)3-9-5;6-4-2-8-5(1-7)9-3-4;6-3-1-7-4(5(9)10)8-2-3;5-4-7-1-3(6)2-8-4/h2-3H,1H3;2-3H;1-2H,(H,9,10);1-2H. The van der Waals surface area contributed by atoms with E-state index >= 15 is 0 Å². The molecular weight excluding hydrogens is 542 g/mol. The second kappa shape index (κ2) is 16.4. The number of halogens is 5. The van der Waals surface area contributed by atoms with E-state index in [1.807, 2.05) is 0 Å². The van der Waals surface area contributed by atoms with Gasteiger partial charge in [-0.25, -0.2) is 67.0 Å². The second-order valence-electron chi connectivity index (χ2n) is 5.75. The van der Waals surface area contributed by atoms with Gasteiger partial charge in [0.05, 0.1) is 56.7 Å². The molecule has 38 heavy (non-hydrogen) atoms. The monoisotopic (exact) mass is 553 g/mol. The molecule has 0 aromatic carbocycles. The number of carboxylic acids is 1. The number of esters is 1. The number of carbonyl (C=O) groups is 2. The molecule has 0 amide bonds. The van der Waals surface area contributed by atoms with E-state index in [1.54, 1.807) is 6.07 Å². The van der Waals surface area contributed by atoms with E-state index in [9.17, 15) is 27.2 Å². The zero-order valence-corrected chi connectivity index (χ0v) is 19.5. The molecule has 4 rings (SSSR count). The third kappa shape index (κ3) is 12.5. The second-order valence-corrected chi connectivity index (χ2v) is 6.09. The zero-order valence-electron chi connectivity index (χ0n) is 18.7. The fourth-order valence-electron chi connectivity index (χ4n) is 1.60. The predicted octanol–water partition coefficient (Wildman–Crippen LogP) is 2.47. The molecule has 0 aliphatic rings. The van der Waals surface area contributed by atoms with E-state index in [0.717, 1.165) is 49.6 Å². The average Bonchev–Trinajstić information content (AvgIpc) is 2.92. The van der Waals surface area contributed by atoms with Crippen LogP contribution in [-0.2, 0) is 4.74 Å². The maximum Gasteiger partial charge on any atom is 0.376 e. The average molecular weight is 554 g/mol. The van der Waals surface area contributed by atoms with Crippen molar-refractivity contribution in [2.24, 2.45) is 0 Å². The van der Waals surface area contributed by atoms with Crippen molar-refractivity contribution in [3.8, 4) is 6.07 Å². The van der Waals surface area contributed by atoms with Crippen LogP contribution in [0.4, 0.5) is 17.6 Å². The SMILES string of the molecule is COC(=O)c1ncc(F)cn1.Fc1cnc(Cl)nc1.N#Cc1ncc(F)cn1.O=C(O)c1ncc(F)cn1. The molecule has 0 atom stereocenters. The summed E-state index contributed by atoms with van der Waals surface area (Å²) in [6.45, 7) is 0. The summed E-state index contributed by atoms with van der Waals surface area (Å²) in [6.07, 6.45) is 7.33. The summed E-state index contributed by atoms with van der Waals surface area (Å²) in [5.74, 6) is -4.75. The summed E-state index contributed by atoms with van der Waals surface area (Å²) in [6, 6.07) is 1.67. The van der Waals surface area contributed by atoms with Crippen LogP contribution in [0.5, 0.6) is 0 Å². The highest BCUT2D eigenvalue weighted by molar-refractivity contribution is 6.28. The van der Waals surface area contributed by atoms with E-state index in [0.29, 0.717) is 0 Å². The minimum absolute atomic E-state index is 0.0172. The summed E-state index contributed by atoms with van der Waals surface area (Å²) in [7, 11) is 1.20. The Labute approximate surface area is 214 Å². The number of hydrogen-bond donors (Lipinski definition) is 1. The molecule has 18 heteroatoms. The van der Waals surface area contributed by atoms with Gasteiger partial charge in [0.15, 0.2) is 23.3 Å². The molecule has 0 aliphatic carbocycles. The molecule has 4 aromatic heterocycles. The lowest BCUT2D eigenvalue weighted by atomic mass is 10.5. The highest BCUT2D eigenvalue weighted by Crippen LogP contribution is 1.97. The van der Waals surface area contributed by atoms with Gasteiger partial charge in [0, 0.05) is 0 Å². The van der Waals surface area contributed by atoms with Crippen LogP contribution in [0.25, 0.3) is 0 Å². The molecule has 1 N–H and O–H groups in total. The maximum absolute atomic E-state index is 12.2. The first kappa shape index (κ1) is 30.8. The Morgan fingerprint density at radius 3 is 1.39 bits per heavy atom. The number of aromatic carboxylic acids is 1. The lowest BCUT2D eigenvalue weighted by Crippen LogP contribution is -2.06. The highest BCUT2D eigenvalue weighted by Gasteiger charge is 2.07. The number of hydrogen-bond acceptors (Lipinski definition) is 12. The van der Waals surface area contributed by atoms with Gasteiger partial charge in [-0.1, -0.05) is 0 Å². The molecule has 0 bridgehead atoms. The minimum Gasteiger partial charge on any atom is -0.475 e. The van der Waals surface area contributed by atoms with Gasteiger partial charge in [0.2, 0.25) is 22.8 Å². The number of rotatable bonds is 2. The lowest BCUT2D eigenvalue weighted by Gasteiger charge is -1.94. The molecule has 13 nitrogen and oxygen atoms in total. The Kier molecular flexibility index (Phi) is 13.3. The van der Waals surface area contributed by atoms with E-state index in [1.165, 1.54) is 7.11 Å². The molecule has 0 fully saturated rings. The summed E-state index contributed by atoms with van der Waals surface area (Å²) in [5, 5.41) is 16.4.